The molecule has 0 aromatic carbocycles. The van der Waals surface area contributed by atoms with E-state index in [9.17, 15) is 0 Å². The van der Waals surface area contributed by atoms with Crippen LogP contribution in [-0.4, -0.2) is 24.1 Å². The van der Waals surface area contributed by atoms with Crippen molar-refractivity contribution in [1.29, 1.82) is 0 Å². The molecule has 15 heavy (non-hydrogen) atoms. The molecule has 0 spiro atoms. The van der Waals surface area contributed by atoms with Crippen LogP contribution >= 0.6 is 0 Å². The lowest BCUT2D eigenvalue weighted by Crippen LogP contribution is -2.40. The monoisotopic (exact) mass is 205 g/mol. The number of nitrogens with two attached hydrogens (primary N) is 1. The summed E-state index contributed by atoms with van der Waals surface area (Å²) in [6, 6.07) is 4.65. The molecule has 0 unspecified atom stereocenters. The number of anilines is 1. The molecule has 1 saturated heterocycles. The lowest BCUT2D eigenvalue weighted by atomic mass is 10.1. The average Bonchev–Trinajstić information content (AvgIpc) is 2.17. The minimum absolute atomic E-state index is 0.382. The topological polar surface area (TPSA) is 42.2 Å². The first-order valence-electron chi connectivity index (χ1n) is 5.61. The van der Waals surface area contributed by atoms with Gasteiger partial charge in [-0.2, -0.15) is 0 Å². The number of hydrogen-bond acceptors (Lipinski definition) is 3. The standard InChI is InChI=1S/C12H19N3/c1-9-7-10(2)14-12(8-9)15-5-3-11(13)4-6-15/h7-8,11H,3-6,13H2,1-2H3. The summed E-state index contributed by atoms with van der Waals surface area (Å²) in [5.41, 5.74) is 8.27. The second-order valence-electron chi connectivity index (χ2n) is 4.47. The third-order valence-electron chi connectivity index (χ3n) is 2.95. The fourth-order valence-electron chi connectivity index (χ4n) is 2.11. The smallest absolute Gasteiger partial charge is 0.129 e. The summed E-state index contributed by atoms with van der Waals surface area (Å²) >= 11 is 0. The predicted molar refractivity (Wildman–Crippen MR) is 63.1 cm³/mol. The molecule has 0 amide bonds. The zero-order valence-electron chi connectivity index (χ0n) is 9.53. The van der Waals surface area contributed by atoms with E-state index in [1.807, 2.05) is 6.92 Å². The van der Waals surface area contributed by atoms with Crippen molar-refractivity contribution in [2.75, 3.05) is 18.0 Å². The van der Waals surface area contributed by atoms with E-state index in [1.54, 1.807) is 0 Å². The average molecular weight is 205 g/mol. The van der Waals surface area contributed by atoms with Crippen molar-refractivity contribution >= 4 is 5.82 Å². The van der Waals surface area contributed by atoms with Crippen LogP contribution in [0.2, 0.25) is 0 Å². The summed E-state index contributed by atoms with van der Waals surface area (Å²) in [7, 11) is 0. The zero-order chi connectivity index (χ0) is 10.8. The Morgan fingerprint density at radius 2 is 1.93 bits per heavy atom. The van der Waals surface area contributed by atoms with Crippen molar-refractivity contribution < 1.29 is 0 Å². The highest BCUT2D eigenvalue weighted by Crippen LogP contribution is 2.18. The molecule has 1 aromatic rings. The van der Waals surface area contributed by atoms with Crippen LogP contribution in [0.3, 0.4) is 0 Å². The van der Waals surface area contributed by atoms with Crippen LogP contribution in [0, 0.1) is 13.8 Å². The molecule has 2 heterocycles. The second kappa shape index (κ2) is 4.19. The molecule has 3 heteroatoms. The highest BCUT2D eigenvalue weighted by Gasteiger charge is 2.17. The number of piperidine rings is 1. The molecule has 0 aliphatic carbocycles. The number of pyridine rings is 1. The third-order valence-corrected chi connectivity index (χ3v) is 2.95. The number of hydrogen-bond donors (Lipinski definition) is 1. The van der Waals surface area contributed by atoms with Crippen LogP contribution in [0.5, 0.6) is 0 Å². The van der Waals surface area contributed by atoms with E-state index >= 15 is 0 Å². The SMILES string of the molecule is Cc1cc(C)nc(N2CCC(N)CC2)c1. The van der Waals surface area contributed by atoms with E-state index in [2.05, 4.69) is 28.9 Å². The van der Waals surface area contributed by atoms with Gasteiger partial charge in [0.15, 0.2) is 0 Å². The van der Waals surface area contributed by atoms with Gasteiger partial charge >= 0.3 is 0 Å². The number of rotatable bonds is 1. The molecule has 2 rings (SSSR count). The summed E-state index contributed by atoms with van der Waals surface area (Å²) in [4.78, 5) is 6.90. The van der Waals surface area contributed by atoms with Gasteiger partial charge in [-0.1, -0.05) is 0 Å². The van der Waals surface area contributed by atoms with Crippen LogP contribution < -0.4 is 10.6 Å². The molecule has 0 radical (unpaired) electrons. The maximum atomic E-state index is 5.89. The van der Waals surface area contributed by atoms with Crippen molar-refractivity contribution in [2.24, 2.45) is 5.73 Å². The first kappa shape index (κ1) is 10.4. The van der Waals surface area contributed by atoms with Crippen molar-refractivity contribution in [1.82, 2.24) is 4.98 Å². The molecule has 1 aromatic heterocycles. The van der Waals surface area contributed by atoms with Gasteiger partial charge in [0.2, 0.25) is 0 Å². The van der Waals surface area contributed by atoms with E-state index < -0.39 is 0 Å². The van der Waals surface area contributed by atoms with E-state index in [0.717, 1.165) is 37.4 Å². The zero-order valence-corrected chi connectivity index (χ0v) is 9.53. The van der Waals surface area contributed by atoms with Gasteiger partial charge < -0.3 is 10.6 Å². The van der Waals surface area contributed by atoms with Gasteiger partial charge in [-0.3, -0.25) is 0 Å². The molecule has 0 atom stereocenters. The Morgan fingerprint density at radius 1 is 1.27 bits per heavy atom. The van der Waals surface area contributed by atoms with E-state index in [4.69, 9.17) is 5.73 Å². The van der Waals surface area contributed by atoms with Gasteiger partial charge in [0.1, 0.15) is 5.82 Å². The number of aromatic nitrogens is 1. The Labute approximate surface area is 91.3 Å². The summed E-state index contributed by atoms with van der Waals surface area (Å²) < 4.78 is 0. The fraction of sp³-hybridized carbons (Fsp3) is 0.583. The molecule has 0 bridgehead atoms. The van der Waals surface area contributed by atoms with E-state index in [1.165, 1.54) is 5.56 Å². The number of nitrogens with zero attached hydrogens (tertiary/aromatic N) is 2. The maximum Gasteiger partial charge on any atom is 0.129 e. The van der Waals surface area contributed by atoms with Crippen molar-refractivity contribution in [3.63, 3.8) is 0 Å². The molecule has 2 N–H and O–H groups in total. The molecular formula is C12H19N3. The number of aryl methyl sites for hydroxylation is 2. The first-order chi connectivity index (χ1) is 7.15. The van der Waals surface area contributed by atoms with Crippen LogP contribution in [0.4, 0.5) is 5.82 Å². The Balaban J connectivity index is 2.15. The summed E-state index contributed by atoms with van der Waals surface area (Å²) in [5.74, 6) is 1.11. The van der Waals surface area contributed by atoms with Gasteiger partial charge in [0.05, 0.1) is 0 Å². The lowest BCUT2D eigenvalue weighted by molar-refractivity contribution is 0.498. The van der Waals surface area contributed by atoms with Crippen LogP contribution in [0.1, 0.15) is 24.1 Å². The third kappa shape index (κ3) is 2.48. The molecule has 1 aliphatic heterocycles. The molecule has 1 fully saturated rings. The Kier molecular flexibility index (Phi) is 2.91. The summed E-state index contributed by atoms with van der Waals surface area (Å²) in [6.45, 7) is 6.24. The lowest BCUT2D eigenvalue weighted by Gasteiger charge is -2.31. The van der Waals surface area contributed by atoms with Gasteiger partial charge in [-0.05, 0) is 44.4 Å². The summed E-state index contributed by atoms with van der Waals surface area (Å²) in [6.07, 6.45) is 2.16. The minimum Gasteiger partial charge on any atom is -0.356 e. The van der Waals surface area contributed by atoms with Crippen LogP contribution in [0.25, 0.3) is 0 Å². The normalized spacial score (nSPS) is 18.2. The molecular weight excluding hydrogens is 186 g/mol. The Bertz CT molecular complexity index is 320. The minimum atomic E-state index is 0.382. The van der Waals surface area contributed by atoms with E-state index in [0.29, 0.717) is 6.04 Å². The van der Waals surface area contributed by atoms with Gasteiger partial charge in [-0.15, -0.1) is 0 Å². The highest BCUT2D eigenvalue weighted by atomic mass is 15.2. The first-order valence-corrected chi connectivity index (χ1v) is 5.61. The largest absolute Gasteiger partial charge is 0.356 e. The summed E-state index contributed by atoms with van der Waals surface area (Å²) in [5, 5.41) is 0. The van der Waals surface area contributed by atoms with Gasteiger partial charge in [0, 0.05) is 24.8 Å². The quantitative estimate of drug-likeness (QED) is 0.757. The van der Waals surface area contributed by atoms with Crippen molar-refractivity contribution in [3.8, 4) is 0 Å². The molecule has 3 nitrogen and oxygen atoms in total. The van der Waals surface area contributed by atoms with Crippen molar-refractivity contribution in [3.05, 3.63) is 23.4 Å². The van der Waals surface area contributed by atoms with Gasteiger partial charge in [0.25, 0.3) is 0 Å². The van der Waals surface area contributed by atoms with Crippen LogP contribution in [0.15, 0.2) is 12.1 Å². The molecule has 1 aliphatic rings. The van der Waals surface area contributed by atoms with Crippen LogP contribution in [-0.2, 0) is 0 Å². The highest BCUT2D eigenvalue weighted by molar-refractivity contribution is 5.42. The second-order valence-corrected chi connectivity index (χ2v) is 4.47. The molecule has 82 valence electrons. The predicted octanol–water partition coefficient (Wildman–Crippen LogP) is 1.63. The molecule has 0 saturated carbocycles. The van der Waals surface area contributed by atoms with Gasteiger partial charge in [-0.25, -0.2) is 4.98 Å². The Hall–Kier alpha value is -1.09. The maximum absolute atomic E-state index is 5.89. The fourth-order valence-corrected chi connectivity index (χ4v) is 2.11. The Morgan fingerprint density at radius 3 is 2.53 bits per heavy atom. The van der Waals surface area contributed by atoms with Crippen molar-refractivity contribution in [2.45, 2.75) is 32.7 Å². The van der Waals surface area contributed by atoms with E-state index in [-0.39, 0.29) is 0 Å².